The number of unbranched alkanes of at least 4 members (excludes halogenated alkanes) is 2. The minimum absolute atomic E-state index is 0. The summed E-state index contributed by atoms with van der Waals surface area (Å²) >= 11 is 0. The van der Waals surface area contributed by atoms with Gasteiger partial charge in [0.15, 0.2) is 12.3 Å². The zero-order valence-electron chi connectivity index (χ0n) is 30.6. The van der Waals surface area contributed by atoms with E-state index in [0.29, 0.717) is 19.7 Å². The smallest absolute Gasteiger partial charge is 0.271 e. The molecule has 13 heteroatoms. The predicted octanol–water partition coefficient (Wildman–Crippen LogP) is 6.67. The van der Waals surface area contributed by atoms with Crippen LogP contribution in [-0.4, -0.2) is 110 Å². The number of rotatable bonds is 19. The van der Waals surface area contributed by atoms with Crippen molar-refractivity contribution < 1.29 is 35.3 Å². The number of hydrogen-bond donors (Lipinski definition) is 2. The molecule has 0 spiro atoms. The van der Waals surface area contributed by atoms with Gasteiger partial charge in [-0.2, -0.15) is 8.42 Å². The fraction of sp³-hybridized carbons (Fsp3) is 0.359. The van der Waals surface area contributed by atoms with Gasteiger partial charge in [-0.15, -0.1) is 0 Å². The minimum atomic E-state index is -4.35. The van der Waals surface area contributed by atoms with Gasteiger partial charge < -0.3 is 19.5 Å². The van der Waals surface area contributed by atoms with Crippen molar-refractivity contribution >= 4 is 78.1 Å². The van der Waals surface area contributed by atoms with Crippen molar-refractivity contribution in [3.8, 4) is 5.75 Å². The molecule has 10 nitrogen and oxygen atoms in total. The van der Waals surface area contributed by atoms with Crippen LogP contribution in [0.1, 0.15) is 57.6 Å². The number of ether oxygens (including phenoxy) is 1. The van der Waals surface area contributed by atoms with Crippen LogP contribution >= 0.6 is 0 Å². The fourth-order valence-electron chi connectivity index (χ4n) is 5.75. The van der Waals surface area contributed by atoms with Crippen LogP contribution < -0.4 is 15.0 Å². The second kappa shape index (κ2) is 20.9. The molecule has 0 amide bonds. The molecule has 0 saturated heterocycles. The molecule has 0 aromatic heterocycles. The van der Waals surface area contributed by atoms with E-state index in [9.17, 15) is 25.9 Å². The van der Waals surface area contributed by atoms with Gasteiger partial charge in [0.05, 0.1) is 22.5 Å². The third-order valence-electron chi connectivity index (χ3n) is 8.46. The Hall–Kier alpha value is -3.23. The molecule has 275 valence electrons. The molecule has 1 aliphatic carbocycles. The van der Waals surface area contributed by atoms with Gasteiger partial charge in [-0.25, -0.2) is 13.0 Å². The van der Waals surface area contributed by atoms with Crippen LogP contribution in [0.5, 0.6) is 5.75 Å². The normalized spacial score (nSPS) is 12.7. The minimum Gasteiger partial charge on any atom is -0.748 e. The molecule has 3 aromatic carbocycles. The summed E-state index contributed by atoms with van der Waals surface area (Å²) in [6, 6.07) is 23.9. The van der Waals surface area contributed by atoms with E-state index in [-0.39, 0.29) is 48.4 Å². The topological polar surface area (TPSA) is 139 Å². The van der Waals surface area contributed by atoms with Crippen molar-refractivity contribution in [1.29, 1.82) is 0 Å². The first kappa shape index (κ1) is 43.2. The molecule has 4 rings (SSSR count). The number of nitrogens with zero attached hydrogens (tertiary/aromatic N) is 2. The van der Waals surface area contributed by atoms with Crippen molar-refractivity contribution in [1.82, 2.24) is 0 Å². The summed E-state index contributed by atoms with van der Waals surface area (Å²) in [4.78, 5) is 1.94. The molecule has 0 atom stereocenters. The van der Waals surface area contributed by atoms with Gasteiger partial charge in [0.1, 0.15) is 18.0 Å². The van der Waals surface area contributed by atoms with Crippen LogP contribution in [0.2, 0.25) is 0 Å². The molecule has 2 N–H and O–H groups in total. The molecule has 1 aliphatic rings. The van der Waals surface area contributed by atoms with E-state index in [1.165, 1.54) is 0 Å². The van der Waals surface area contributed by atoms with E-state index in [4.69, 9.17) is 4.74 Å². The van der Waals surface area contributed by atoms with E-state index < -0.39 is 26.0 Å². The number of nitrogens with one attached hydrogen (secondary N) is 1. The van der Waals surface area contributed by atoms with Gasteiger partial charge >= 0.3 is 0 Å². The Labute approximate surface area is 331 Å². The monoisotopic (exact) mass is 758 g/mol. The molecule has 3 aromatic rings. The number of hydrogen-bond acceptors (Lipinski definition) is 8. The third-order valence-corrected chi connectivity index (χ3v) is 9.84. The quantitative estimate of drug-likeness (QED) is 0.0780. The summed E-state index contributed by atoms with van der Waals surface area (Å²) in [7, 11) is -8.46. The van der Waals surface area contributed by atoms with E-state index in [2.05, 4.69) is 31.3 Å². The number of anilines is 3. The summed E-state index contributed by atoms with van der Waals surface area (Å²) in [5.41, 5.74) is 7.39. The molecule has 0 fully saturated rings. The van der Waals surface area contributed by atoms with Crippen LogP contribution in [-0.2, 0) is 20.2 Å². The second-order valence-corrected chi connectivity index (χ2v) is 15.5. The van der Waals surface area contributed by atoms with Crippen LogP contribution in [0.15, 0.2) is 103 Å². The molecular formula is C39H49N3NaO7S2. The van der Waals surface area contributed by atoms with Crippen molar-refractivity contribution in [2.24, 2.45) is 0 Å². The average Bonchev–Trinajstić information content (AvgIpc) is 3.10. The molecule has 0 unspecified atom stereocenters. The summed E-state index contributed by atoms with van der Waals surface area (Å²) in [5, 5.41) is 3.44. The van der Waals surface area contributed by atoms with Gasteiger partial charge in [0.2, 0.25) is 0 Å². The van der Waals surface area contributed by atoms with Gasteiger partial charge in [0, 0.05) is 78.3 Å². The van der Waals surface area contributed by atoms with Gasteiger partial charge in [-0.3, -0.25) is 4.55 Å². The molecule has 0 aliphatic heterocycles. The summed E-state index contributed by atoms with van der Waals surface area (Å²) in [5.74, 6) is -0.000848. The van der Waals surface area contributed by atoms with Crippen LogP contribution in [0, 0.1) is 0 Å². The molecular weight excluding hydrogens is 710 g/mol. The maximum atomic E-state index is 11.5. The Morgan fingerprint density at radius 2 is 1.31 bits per heavy atom. The van der Waals surface area contributed by atoms with Crippen molar-refractivity contribution in [3.05, 3.63) is 114 Å². The molecule has 0 saturated carbocycles. The summed E-state index contributed by atoms with van der Waals surface area (Å²) < 4.78 is 74.3. The molecule has 0 bridgehead atoms. The maximum Gasteiger partial charge on any atom is 0.271 e. The summed E-state index contributed by atoms with van der Waals surface area (Å²) in [6.07, 6.45) is 11.6. The Balaban J connectivity index is 0.00000729. The van der Waals surface area contributed by atoms with E-state index in [1.54, 1.807) is 0 Å². The zero-order valence-corrected chi connectivity index (χ0v) is 34.3. The molecule has 52 heavy (non-hydrogen) atoms. The van der Waals surface area contributed by atoms with Crippen molar-refractivity contribution in [3.63, 3.8) is 0 Å². The van der Waals surface area contributed by atoms with Crippen LogP contribution in [0.25, 0.3) is 5.57 Å². The summed E-state index contributed by atoms with van der Waals surface area (Å²) in [6.45, 7) is 8.29. The Morgan fingerprint density at radius 1 is 0.750 bits per heavy atom. The van der Waals surface area contributed by atoms with Gasteiger partial charge in [-0.1, -0.05) is 51.0 Å². The van der Waals surface area contributed by atoms with E-state index in [1.807, 2.05) is 101 Å². The molecule has 0 heterocycles. The van der Waals surface area contributed by atoms with Crippen molar-refractivity contribution in [2.75, 3.05) is 54.5 Å². The Morgan fingerprint density at radius 3 is 1.83 bits per heavy atom. The maximum absolute atomic E-state index is 11.5. The Kier molecular flexibility index (Phi) is 17.3. The SMILES string of the molecule is CCCCN(CCS(=O)(=O)[O-])c1ccc(C(=C2C=CC(=[N+](CCCC)CCS(=O)(=O)O)C=C2)c2ccc(Nc3ccc(OCC)cc3)cc2)cc1.[Na]. The number of benzene rings is 3. The average molecular weight is 759 g/mol. The predicted molar refractivity (Wildman–Crippen MR) is 212 cm³/mol. The first-order valence-corrected chi connectivity index (χ1v) is 20.6. The molecule has 1 radical (unpaired) electrons. The first-order chi connectivity index (χ1) is 24.4. The Bertz CT molecular complexity index is 1920. The van der Waals surface area contributed by atoms with Crippen LogP contribution in [0.4, 0.5) is 17.1 Å². The second-order valence-electron chi connectivity index (χ2n) is 12.4. The van der Waals surface area contributed by atoms with Crippen LogP contribution in [0.3, 0.4) is 0 Å². The van der Waals surface area contributed by atoms with E-state index >= 15 is 0 Å². The zero-order chi connectivity index (χ0) is 36.9. The van der Waals surface area contributed by atoms with Crippen molar-refractivity contribution in [2.45, 2.75) is 46.5 Å². The first-order valence-electron chi connectivity index (χ1n) is 17.5. The largest absolute Gasteiger partial charge is 0.748 e. The van der Waals surface area contributed by atoms with Gasteiger partial charge in [0.25, 0.3) is 10.1 Å². The number of allylic oxidation sites excluding steroid dienone is 5. The van der Waals surface area contributed by atoms with Gasteiger partial charge in [-0.05, 0) is 96.3 Å². The standard InChI is InChI=1S/C39H49N3O7S2.Na/c1-4-7-25-41(27-29-50(43,44)45)36-19-11-32(12-20-36)39(31-9-15-34(16-10-31)40-35-17-23-38(24-18-35)49-6-3)33-13-21-37(22-14-33)42(26-8-5-2)28-30-51(46,47)48;/h9-24H,4-8,25-30H2,1-3H3,(H2,43,44,45,46,47,48);. The third kappa shape index (κ3) is 14.0. The van der Waals surface area contributed by atoms with E-state index in [0.717, 1.165) is 76.5 Å². The fourth-order valence-corrected chi connectivity index (χ4v) is 6.65.